The van der Waals surface area contributed by atoms with Gasteiger partial charge in [-0.05, 0) is 45.7 Å². The van der Waals surface area contributed by atoms with Gasteiger partial charge < -0.3 is 5.32 Å². The molecule has 5 heteroatoms. The standard InChI is InChI=1S/C12H26N2O2S/c1-11(12-7-4-3-5-8-12)14-9-6-10-17(15,16)13-2/h11-14H,3-10H2,1-2H3/t11-/m0/s1. The van der Waals surface area contributed by atoms with E-state index in [-0.39, 0.29) is 5.75 Å². The molecule has 0 unspecified atom stereocenters. The van der Waals surface area contributed by atoms with Crippen LogP contribution in [0.15, 0.2) is 0 Å². The smallest absolute Gasteiger partial charge is 0.211 e. The lowest BCUT2D eigenvalue weighted by atomic mass is 9.84. The first-order valence-corrected chi connectivity index (χ1v) is 8.35. The first-order valence-electron chi connectivity index (χ1n) is 6.70. The highest BCUT2D eigenvalue weighted by Gasteiger charge is 2.19. The molecule has 1 atom stereocenters. The summed E-state index contributed by atoms with van der Waals surface area (Å²) in [6, 6.07) is 0.521. The molecule has 0 heterocycles. The van der Waals surface area contributed by atoms with Crippen molar-refractivity contribution in [2.75, 3.05) is 19.3 Å². The number of rotatable bonds is 7. The zero-order chi connectivity index (χ0) is 12.7. The van der Waals surface area contributed by atoms with E-state index in [4.69, 9.17) is 0 Å². The topological polar surface area (TPSA) is 58.2 Å². The summed E-state index contributed by atoms with van der Waals surface area (Å²) >= 11 is 0. The Hall–Kier alpha value is -0.130. The van der Waals surface area contributed by atoms with Gasteiger partial charge in [-0.2, -0.15) is 0 Å². The van der Waals surface area contributed by atoms with Gasteiger partial charge in [0.25, 0.3) is 0 Å². The molecule has 17 heavy (non-hydrogen) atoms. The second kappa shape index (κ2) is 7.34. The minimum atomic E-state index is -3.03. The first-order chi connectivity index (χ1) is 8.05. The quantitative estimate of drug-likeness (QED) is 0.683. The van der Waals surface area contributed by atoms with Crippen LogP contribution in [0.2, 0.25) is 0 Å². The van der Waals surface area contributed by atoms with Crippen LogP contribution in [0.4, 0.5) is 0 Å². The van der Waals surface area contributed by atoms with Crippen LogP contribution in [-0.4, -0.2) is 33.8 Å². The van der Waals surface area contributed by atoms with Gasteiger partial charge in [0.2, 0.25) is 10.0 Å². The molecule has 1 fully saturated rings. The fourth-order valence-electron chi connectivity index (χ4n) is 2.49. The van der Waals surface area contributed by atoms with E-state index in [1.54, 1.807) is 0 Å². The monoisotopic (exact) mass is 262 g/mol. The molecule has 2 N–H and O–H groups in total. The summed E-state index contributed by atoms with van der Waals surface area (Å²) in [4.78, 5) is 0. The van der Waals surface area contributed by atoms with Crippen molar-refractivity contribution in [3.8, 4) is 0 Å². The van der Waals surface area contributed by atoms with E-state index in [1.807, 2.05) is 0 Å². The zero-order valence-corrected chi connectivity index (χ0v) is 11.9. The van der Waals surface area contributed by atoms with Crippen LogP contribution in [0.3, 0.4) is 0 Å². The lowest BCUT2D eigenvalue weighted by molar-refractivity contribution is 0.282. The summed E-state index contributed by atoms with van der Waals surface area (Å²) in [6.45, 7) is 3.02. The van der Waals surface area contributed by atoms with Crippen LogP contribution in [0.1, 0.15) is 45.4 Å². The van der Waals surface area contributed by atoms with E-state index in [0.29, 0.717) is 12.5 Å². The normalized spacial score (nSPS) is 20.4. The van der Waals surface area contributed by atoms with E-state index in [2.05, 4.69) is 17.0 Å². The van der Waals surface area contributed by atoms with Crippen LogP contribution in [0, 0.1) is 5.92 Å². The maximum atomic E-state index is 11.2. The minimum absolute atomic E-state index is 0.216. The summed E-state index contributed by atoms with van der Waals surface area (Å²) in [6.07, 6.45) is 7.41. The molecule has 0 aromatic carbocycles. The van der Waals surface area contributed by atoms with Gasteiger partial charge in [-0.25, -0.2) is 13.1 Å². The van der Waals surface area contributed by atoms with Crippen LogP contribution in [-0.2, 0) is 10.0 Å². The van der Waals surface area contributed by atoms with Gasteiger partial charge in [0.05, 0.1) is 5.75 Å². The molecule has 1 saturated carbocycles. The van der Waals surface area contributed by atoms with Crippen molar-refractivity contribution in [1.29, 1.82) is 0 Å². The molecule has 1 rings (SSSR count). The van der Waals surface area contributed by atoms with E-state index in [9.17, 15) is 8.42 Å². The highest BCUT2D eigenvalue weighted by Crippen LogP contribution is 2.26. The summed E-state index contributed by atoms with van der Waals surface area (Å²) in [5, 5.41) is 3.46. The van der Waals surface area contributed by atoms with Gasteiger partial charge in [0.15, 0.2) is 0 Å². The Morgan fingerprint density at radius 3 is 2.47 bits per heavy atom. The predicted octanol–water partition coefficient (Wildman–Crippen LogP) is 1.48. The Balaban J connectivity index is 2.13. The highest BCUT2D eigenvalue weighted by atomic mass is 32.2. The van der Waals surface area contributed by atoms with Crippen LogP contribution < -0.4 is 10.0 Å². The van der Waals surface area contributed by atoms with Crippen molar-refractivity contribution in [3.05, 3.63) is 0 Å². The maximum absolute atomic E-state index is 11.2. The van der Waals surface area contributed by atoms with Crippen molar-refractivity contribution in [2.45, 2.75) is 51.5 Å². The van der Waals surface area contributed by atoms with Gasteiger partial charge >= 0.3 is 0 Å². The Morgan fingerprint density at radius 2 is 1.88 bits per heavy atom. The van der Waals surface area contributed by atoms with Crippen molar-refractivity contribution in [2.24, 2.45) is 5.92 Å². The summed E-state index contributed by atoms with van der Waals surface area (Å²) in [5.74, 6) is 0.998. The number of nitrogens with one attached hydrogen (secondary N) is 2. The number of hydrogen-bond donors (Lipinski definition) is 2. The molecule has 102 valence electrons. The average molecular weight is 262 g/mol. The third kappa shape index (κ3) is 5.84. The molecule has 4 nitrogen and oxygen atoms in total. The van der Waals surface area contributed by atoms with E-state index in [0.717, 1.165) is 12.5 Å². The fraction of sp³-hybridized carbons (Fsp3) is 1.00. The van der Waals surface area contributed by atoms with Crippen LogP contribution >= 0.6 is 0 Å². The molecule has 0 spiro atoms. The third-order valence-corrected chi connectivity index (χ3v) is 5.17. The summed E-state index contributed by atoms with van der Waals surface area (Å²) < 4.78 is 24.8. The fourth-order valence-corrected chi connectivity index (χ4v) is 3.22. The second-order valence-electron chi connectivity index (χ2n) is 5.02. The van der Waals surface area contributed by atoms with E-state index < -0.39 is 10.0 Å². The molecule has 0 bridgehead atoms. The van der Waals surface area contributed by atoms with Crippen molar-refractivity contribution in [3.63, 3.8) is 0 Å². The van der Waals surface area contributed by atoms with Gasteiger partial charge in [-0.15, -0.1) is 0 Å². The molecule has 1 aliphatic rings. The van der Waals surface area contributed by atoms with Gasteiger partial charge in [0.1, 0.15) is 0 Å². The van der Waals surface area contributed by atoms with Gasteiger partial charge in [-0.3, -0.25) is 0 Å². The molecular formula is C12H26N2O2S. The minimum Gasteiger partial charge on any atom is -0.314 e. The molecule has 0 aromatic heterocycles. The van der Waals surface area contributed by atoms with Crippen molar-refractivity contribution < 1.29 is 8.42 Å². The largest absolute Gasteiger partial charge is 0.314 e. The Labute approximate surface area is 106 Å². The molecule has 0 radical (unpaired) electrons. The van der Waals surface area contributed by atoms with Crippen molar-refractivity contribution in [1.82, 2.24) is 10.0 Å². The highest BCUT2D eigenvalue weighted by molar-refractivity contribution is 7.89. The van der Waals surface area contributed by atoms with Gasteiger partial charge in [0, 0.05) is 6.04 Å². The summed E-state index contributed by atoms with van der Waals surface area (Å²) in [7, 11) is -1.57. The molecular weight excluding hydrogens is 236 g/mol. The predicted molar refractivity (Wildman–Crippen MR) is 71.5 cm³/mol. The van der Waals surface area contributed by atoms with Gasteiger partial charge in [-0.1, -0.05) is 19.3 Å². The van der Waals surface area contributed by atoms with Crippen LogP contribution in [0.5, 0.6) is 0 Å². The molecule has 1 aliphatic carbocycles. The number of hydrogen-bond acceptors (Lipinski definition) is 3. The molecule has 0 aromatic rings. The average Bonchev–Trinajstić information content (AvgIpc) is 2.35. The zero-order valence-electron chi connectivity index (χ0n) is 11.0. The third-order valence-electron chi connectivity index (χ3n) is 3.72. The maximum Gasteiger partial charge on any atom is 0.211 e. The Bertz CT molecular complexity index is 298. The SMILES string of the molecule is CNS(=O)(=O)CCCN[C@@H](C)C1CCCCC1. The first kappa shape index (κ1) is 14.9. The molecule has 0 saturated heterocycles. The second-order valence-corrected chi connectivity index (χ2v) is 7.06. The summed E-state index contributed by atoms with van der Waals surface area (Å²) in [5.41, 5.74) is 0. The van der Waals surface area contributed by atoms with Crippen LogP contribution in [0.25, 0.3) is 0 Å². The Morgan fingerprint density at radius 1 is 1.24 bits per heavy atom. The Kier molecular flexibility index (Phi) is 6.44. The van der Waals surface area contributed by atoms with E-state index >= 15 is 0 Å². The molecule has 0 aliphatic heterocycles. The van der Waals surface area contributed by atoms with Crippen molar-refractivity contribution >= 4 is 10.0 Å². The lowest BCUT2D eigenvalue weighted by Crippen LogP contribution is -2.36. The number of sulfonamides is 1. The lowest BCUT2D eigenvalue weighted by Gasteiger charge is -2.28. The van der Waals surface area contributed by atoms with E-state index in [1.165, 1.54) is 39.2 Å². The molecule has 0 amide bonds.